The van der Waals surface area contributed by atoms with E-state index in [9.17, 15) is 18.9 Å². The van der Waals surface area contributed by atoms with Gasteiger partial charge in [0.1, 0.15) is 6.61 Å². The second kappa shape index (κ2) is 5.17. The Morgan fingerprint density at radius 3 is 2.75 bits per heavy atom. The number of nitro benzene ring substituents is 1. The van der Waals surface area contributed by atoms with Crippen LogP contribution in [-0.2, 0) is 0 Å². The Balaban J connectivity index is 3.19. The summed E-state index contributed by atoms with van der Waals surface area (Å²) in [5, 5.41) is 18.9. The second-order valence-electron chi connectivity index (χ2n) is 2.70. The third-order valence-electron chi connectivity index (χ3n) is 1.57. The van der Waals surface area contributed by atoms with E-state index in [1.54, 1.807) is 0 Å². The molecule has 0 aliphatic heterocycles. The van der Waals surface area contributed by atoms with Crippen LogP contribution in [-0.4, -0.2) is 23.0 Å². The van der Waals surface area contributed by atoms with E-state index in [4.69, 9.17) is 5.11 Å². The maximum Gasteiger partial charge on any atom is 0.346 e. The Morgan fingerprint density at radius 2 is 2.25 bits per heavy atom. The normalized spacial score (nSPS) is 12.2. The molecule has 88 valence electrons. The number of rotatable bonds is 4. The average molecular weight is 298 g/mol. The molecular formula is C8H6BrF2NO4. The molecule has 0 radical (unpaired) electrons. The molecule has 0 aromatic heterocycles. The van der Waals surface area contributed by atoms with Crippen molar-refractivity contribution in [2.75, 3.05) is 6.61 Å². The van der Waals surface area contributed by atoms with E-state index in [0.717, 1.165) is 12.1 Å². The highest BCUT2D eigenvalue weighted by Crippen LogP contribution is 2.34. The van der Waals surface area contributed by atoms with E-state index in [2.05, 4.69) is 20.7 Å². The van der Waals surface area contributed by atoms with Gasteiger partial charge in [0.2, 0.25) is 11.6 Å². The van der Waals surface area contributed by atoms with Gasteiger partial charge in [0, 0.05) is 10.5 Å². The number of hydrogen-bond donors (Lipinski definition) is 1. The number of nitro groups is 1. The second-order valence-corrected chi connectivity index (χ2v) is 3.62. The molecule has 0 aliphatic carbocycles. The van der Waals surface area contributed by atoms with E-state index in [0.29, 0.717) is 0 Å². The van der Waals surface area contributed by atoms with E-state index < -0.39 is 35.1 Å². The molecule has 8 heteroatoms. The van der Waals surface area contributed by atoms with Crippen LogP contribution in [0, 0.1) is 15.9 Å². The molecule has 1 rings (SSSR count). The molecule has 0 aliphatic rings. The van der Waals surface area contributed by atoms with Gasteiger partial charge in [0.15, 0.2) is 0 Å². The van der Waals surface area contributed by atoms with Crippen molar-refractivity contribution in [2.45, 2.75) is 6.36 Å². The highest BCUT2D eigenvalue weighted by atomic mass is 79.9. The molecule has 5 nitrogen and oxygen atoms in total. The van der Waals surface area contributed by atoms with Gasteiger partial charge in [-0.05, 0) is 6.07 Å². The molecule has 0 amide bonds. The summed E-state index contributed by atoms with van der Waals surface area (Å²) in [4.78, 5) is 9.48. The number of alkyl halides is 1. The van der Waals surface area contributed by atoms with Crippen molar-refractivity contribution in [1.82, 2.24) is 0 Å². The molecule has 0 fully saturated rings. The molecule has 0 saturated carbocycles. The van der Waals surface area contributed by atoms with E-state index in [-0.39, 0.29) is 4.47 Å². The van der Waals surface area contributed by atoms with Crippen LogP contribution in [0.25, 0.3) is 0 Å². The van der Waals surface area contributed by atoms with Crippen molar-refractivity contribution in [3.8, 4) is 5.75 Å². The van der Waals surface area contributed by atoms with Crippen LogP contribution >= 0.6 is 15.9 Å². The summed E-state index contributed by atoms with van der Waals surface area (Å²) >= 11 is 2.88. The first-order valence-corrected chi connectivity index (χ1v) is 4.80. The molecular weight excluding hydrogens is 292 g/mol. The summed E-state index contributed by atoms with van der Waals surface area (Å²) in [5.41, 5.74) is -0.973. The molecule has 0 heterocycles. The van der Waals surface area contributed by atoms with Gasteiger partial charge in [-0.15, -0.1) is 0 Å². The molecule has 0 saturated heterocycles. The van der Waals surface area contributed by atoms with Crippen LogP contribution < -0.4 is 4.74 Å². The predicted molar refractivity (Wildman–Crippen MR) is 53.4 cm³/mol. The molecule has 1 N–H and O–H groups in total. The summed E-state index contributed by atoms with van der Waals surface area (Å²) in [7, 11) is 0. The average Bonchev–Trinajstić information content (AvgIpc) is 2.15. The monoisotopic (exact) mass is 297 g/mol. The van der Waals surface area contributed by atoms with Gasteiger partial charge in [0.25, 0.3) is 6.36 Å². The molecule has 0 spiro atoms. The van der Waals surface area contributed by atoms with Crippen molar-refractivity contribution in [3.05, 3.63) is 32.5 Å². The zero-order valence-corrected chi connectivity index (χ0v) is 9.28. The van der Waals surface area contributed by atoms with Gasteiger partial charge >= 0.3 is 5.69 Å². The SMILES string of the molecule is O=[N+]([O-])c1c(F)cc(Br)cc1OC(F)CO. The fraction of sp³-hybridized carbons (Fsp3) is 0.250. The highest BCUT2D eigenvalue weighted by molar-refractivity contribution is 9.10. The summed E-state index contributed by atoms with van der Waals surface area (Å²) in [5.74, 6) is -1.74. The van der Waals surface area contributed by atoms with E-state index in [1.807, 2.05) is 0 Å². The van der Waals surface area contributed by atoms with Gasteiger partial charge in [0.05, 0.1) is 4.92 Å². The lowest BCUT2D eigenvalue weighted by Crippen LogP contribution is -2.15. The number of hydrogen-bond acceptors (Lipinski definition) is 4. The van der Waals surface area contributed by atoms with Crippen LogP contribution in [0.5, 0.6) is 5.75 Å². The number of nitrogens with zero attached hydrogens (tertiary/aromatic N) is 1. The zero-order chi connectivity index (χ0) is 12.3. The molecule has 16 heavy (non-hydrogen) atoms. The lowest BCUT2D eigenvalue weighted by molar-refractivity contribution is -0.389. The Bertz CT molecular complexity index is 415. The third-order valence-corrected chi connectivity index (χ3v) is 2.03. The molecule has 1 aromatic rings. The van der Waals surface area contributed by atoms with Crippen LogP contribution in [0.2, 0.25) is 0 Å². The summed E-state index contributed by atoms with van der Waals surface area (Å²) in [6, 6.07) is 1.90. The number of benzene rings is 1. The van der Waals surface area contributed by atoms with Gasteiger partial charge < -0.3 is 9.84 Å². The van der Waals surface area contributed by atoms with Crippen molar-refractivity contribution >= 4 is 21.6 Å². The van der Waals surface area contributed by atoms with E-state index in [1.165, 1.54) is 0 Å². The Hall–Kier alpha value is -1.28. The Labute approximate surface area is 96.9 Å². The predicted octanol–water partition coefficient (Wildman–Crippen LogP) is 2.16. The summed E-state index contributed by atoms with van der Waals surface area (Å²) in [6.07, 6.45) is -2.15. The van der Waals surface area contributed by atoms with Crippen molar-refractivity contribution < 1.29 is 23.5 Å². The topological polar surface area (TPSA) is 72.6 Å². The molecule has 1 aromatic carbocycles. The van der Waals surface area contributed by atoms with Gasteiger partial charge in [-0.25, -0.2) is 0 Å². The van der Waals surface area contributed by atoms with E-state index >= 15 is 0 Å². The third kappa shape index (κ3) is 2.86. The van der Waals surface area contributed by atoms with Crippen LogP contribution in [0.3, 0.4) is 0 Å². The van der Waals surface area contributed by atoms with Crippen molar-refractivity contribution in [1.29, 1.82) is 0 Å². The first-order chi connectivity index (χ1) is 7.45. The van der Waals surface area contributed by atoms with Crippen LogP contribution in [0.15, 0.2) is 16.6 Å². The lowest BCUT2D eigenvalue weighted by Gasteiger charge is -2.09. The number of aliphatic hydroxyl groups is 1. The maximum absolute atomic E-state index is 13.2. The van der Waals surface area contributed by atoms with Gasteiger partial charge in [-0.3, -0.25) is 10.1 Å². The number of aliphatic hydroxyl groups excluding tert-OH is 1. The minimum Gasteiger partial charge on any atom is -0.451 e. The largest absolute Gasteiger partial charge is 0.451 e. The standard InChI is InChI=1S/C8H6BrF2NO4/c9-4-1-5(10)8(12(14)15)6(2-4)16-7(11)3-13/h1-2,7,13H,3H2. The highest BCUT2D eigenvalue weighted by Gasteiger charge is 2.24. The van der Waals surface area contributed by atoms with Crippen molar-refractivity contribution in [3.63, 3.8) is 0 Å². The minimum absolute atomic E-state index is 0.163. The fourth-order valence-corrected chi connectivity index (χ4v) is 1.39. The molecule has 1 atom stereocenters. The van der Waals surface area contributed by atoms with Crippen molar-refractivity contribution in [2.24, 2.45) is 0 Å². The quantitative estimate of drug-likeness (QED) is 0.683. The zero-order valence-electron chi connectivity index (χ0n) is 7.69. The maximum atomic E-state index is 13.2. The minimum atomic E-state index is -2.15. The first-order valence-electron chi connectivity index (χ1n) is 4.00. The lowest BCUT2D eigenvalue weighted by atomic mass is 10.3. The number of ether oxygens (including phenoxy) is 1. The number of halogens is 3. The molecule has 1 unspecified atom stereocenters. The smallest absolute Gasteiger partial charge is 0.346 e. The Kier molecular flexibility index (Phi) is 4.13. The van der Waals surface area contributed by atoms with Gasteiger partial charge in [-0.2, -0.15) is 8.78 Å². The van der Waals surface area contributed by atoms with Crippen LogP contribution in [0.1, 0.15) is 0 Å². The molecule has 0 bridgehead atoms. The Morgan fingerprint density at radius 1 is 1.62 bits per heavy atom. The summed E-state index contributed by atoms with van der Waals surface area (Å²) in [6.45, 7) is -0.981. The first kappa shape index (κ1) is 12.8. The summed E-state index contributed by atoms with van der Waals surface area (Å²) < 4.78 is 30.4. The van der Waals surface area contributed by atoms with Crippen LogP contribution in [0.4, 0.5) is 14.5 Å². The van der Waals surface area contributed by atoms with Gasteiger partial charge in [-0.1, -0.05) is 15.9 Å². The fourth-order valence-electron chi connectivity index (χ4n) is 0.984.